The fourth-order valence-corrected chi connectivity index (χ4v) is 3.36. The van der Waals surface area contributed by atoms with Crippen molar-refractivity contribution in [3.8, 4) is 0 Å². The van der Waals surface area contributed by atoms with Gasteiger partial charge in [0.1, 0.15) is 5.82 Å². The molecule has 0 atom stereocenters. The number of hydrogen-bond acceptors (Lipinski definition) is 4. The highest BCUT2D eigenvalue weighted by Crippen LogP contribution is 2.33. The molecule has 6 nitrogen and oxygen atoms in total. The summed E-state index contributed by atoms with van der Waals surface area (Å²) in [6, 6.07) is 1.84. The van der Waals surface area contributed by atoms with Crippen LogP contribution in [0.3, 0.4) is 0 Å². The van der Waals surface area contributed by atoms with Crippen molar-refractivity contribution in [2.24, 2.45) is 0 Å². The lowest BCUT2D eigenvalue weighted by Crippen LogP contribution is -2.16. The predicted octanol–water partition coefficient (Wildman–Crippen LogP) is 2.15. The molecule has 0 radical (unpaired) electrons. The van der Waals surface area contributed by atoms with Gasteiger partial charge in [-0.2, -0.15) is 13.5 Å². The van der Waals surface area contributed by atoms with Crippen molar-refractivity contribution >= 4 is 38.9 Å². The highest BCUT2D eigenvalue weighted by molar-refractivity contribution is 7.92. The molecule has 0 aliphatic heterocycles. The van der Waals surface area contributed by atoms with Crippen LogP contribution in [0.15, 0.2) is 23.4 Å². The maximum atomic E-state index is 13.0. The summed E-state index contributed by atoms with van der Waals surface area (Å²) in [5, 5.41) is 14.1. The van der Waals surface area contributed by atoms with Gasteiger partial charge in [-0.3, -0.25) is 9.82 Å². The molecule has 0 amide bonds. The fraction of sp³-hybridized carbons (Fsp3) is 0.100. The fourth-order valence-electron chi connectivity index (χ4n) is 1.47. The molecule has 0 fully saturated rings. The molecular formula is C10H8Cl2FN3O3S. The van der Waals surface area contributed by atoms with Gasteiger partial charge >= 0.3 is 0 Å². The standard InChI is InChI=1S/C10H8Cl2FN3O3S/c11-7-1-6(13)2-8(12)9(7)16-20(18,19)10-5(4-17)3-14-15-10/h1-3,16-17H,4H2,(H,14,15). The van der Waals surface area contributed by atoms with Crippen LogP contribution in [-0.4, -0.2) is 23.7 Å². The molecule has 3 N–H and O–H groups in total. The first-order chi connectivity index (χ1) is 9.35. The van der Waals surface area contributed by atoms with Crippen molar-refractivity contribution in [2.45, 2.75) is 11.6 Å². The van der Waals surface area contributed by atoms with Crippen molar-refractivity contribution in [1.29, 1.82) is 0 Å². The number of aliphatic hydroxyl groups excluding tert-OH is 1. The third-order valence-electron chi connectivity index (χ3n) is 2.36. The Hall–Kier alpha value is -1.35. The molecule has 108 valence electrons. The molecule has 10 heteroatoms. The minimum atomic E-state index is -4.09. The molecule has 0 spiro atoms. The van der Waals surface area contributed by atoms with Crippen LogP contribution in [0.5, 0.6) is 0 Å². The molecule has 1 aromatic heterocycles. The zero-order chi connectivity index (χ0) is 14.9. The van der Waals surface area contributed by atoms with E-state index in [4.69, 9.17) is 28.3 Å². The monoisotopic (exact) mass is 339 g/mol. The molecule has 0 aliphatic carbocycles. The Kier molecular flexibility index (Phi) is 4.19. The van der Waals surface area contributed by atoms with Crippen LogP contribution in [0.4, 0.5) is 10.1 Å². The molecule has 1 aromatic carbocycles. The number of aliphatic hydroxyl groups is 1. The summed E-state index contributed by atoms with van der Waals surface area (Å²) in [7, 11) is -4.09. The summed E-state index contributed by atoms with van der Waals surface area (Å²) in [5.74, 6) is -0.694. The van der Waals surface area contributed by atoms with E-state index in [0.29, 0.717) is 0 Å². The first kappa shape index (κ1) is 15.0. The van der Waals surface area contributed by atoms with Gasteiger partial charge in [0.05, 0.1) is 28.5 Å². The first-order valence-electron chi connectivity index (χ1n) is 5.15. The maximum absolute atomic E-state index is 13.0. The van der Waals surface area contributed by atoms with Crippen LogP contribution >= 0.6 is 23.2 Å². The number of nitrogens with zero attached hydrogens (tertiary/aromatic N) is 1. The van der Waals surface area contributed by atoms with Crippen LogP contribution in [0.2, 0.25) is 10.0 Å². The molecule has 2 aromatic rings. The van der Waals surface area contributed by atoms with E-state index < -0.39 is 22.4 Å². The van der Waals surface area contributed by atoms with Gasteiger partial charge in [0.2, 0.25) is 0 Å². The molecule has 1 heterocycles. The number of sulfonamides is 1. The summed E-state index contributed by atoms with van der Waals surface area (Å²) in [4.78, 5) is 0. The van der Waals surface area contributed by atoms with E-state index in [1.165, 1.54) is 6.20 Å². The van der Waals surface area contributed by atoms with E-state index >= 15 is 0 Å². The topological polar surface area (TPSA) is 95.1 Å². The second-order valence-corrected chi connectivity index (χ2v) is 6.17. The zero-order valence-electron chi connectivity index (χ0n) is 9.69. The minimum absolute atomic E-state index is 0.0758. The molecule has 0 aliphatic rings. The van der Waals surface area contributed by atoms with Gasteiger partial charge in [-0.05, 0) is 12.1 Å². The van der Waals surface area contributed by atoms with Crippen LogP contribution in [0.1, 0.15) is 5.56 Å². The maximum Gasteiger partial charge on any atom is 0.279 e. The smallest absolute Gasteiger partial charge is 0.279 e. The Morgan fingerprint density at radius 3 is 2.50 bits per heavy atom. The second kappa shape index (κ2) is 5.57. The van der Waals surface area contributed by atoms with Crippen molar-refractivity contribution in [1.82, 2.24) is 10.2 Å². The zero-order valence-corrected chi connectivity index (χ0v) is 12.0. The van der Waals surface area contributed by atoms with E-state index in [2.05, 4.69) is 14.9 Å². The molecule has 0 saturated carbocycles. The van der Waals surface area contributed by atoms with Crippen LogP contribution in [0, 0.1) is 5.82 Å². The number of aromatic amines is 1. The van der Waals surface area contributed by atoms with Gasteiger partial charge in [-0.1, -0.05) is 23.2 Å². The van der Waals surface area contributed by atoms with Crippen LogP contribution < -0.4 is 4.72 Å². The Morgan fingerprint density at radius 1 is 1.35 bits per heavy atom. The summed E-state index contributed by atoms with van der Waals surface area (Å²) in [6.45, 7) is -0.516. The number of rotatable bonds is 4. The second-order valence-electron chi connectivity index (χ2n) is 3.73. The molecule has 0 bridgehead atoms. The van der Waals surface area contributed by atoms with E-state index in [0.717, 1.165) is 12.1 Å². The van der Waals surface area contributed by atoms with E-state index in [-0.39, 0.29) is 26.3 Å². The molecule has 0 saturated heterocycles. The summed E-state index contributed by atoms with van der Waals surface area (Å²) < 4.78 is 39.4. The summed E-state index contributed by atoms with van der Waals surface area (Å²) in [5.41, 5.74) is -0.0833. The average molecular weight is 340 g/mol. The van der Waals surface area contributed by atoms with Gasteiger partial charge < -0.3 is 5.11 Å². The largest absolute Gasteiger partial charge is 0.392 e. The number of H-pyrrole nitrogens is 1. The van der Waals surface area contributed by atoms with Crippen molar-refractivity contribution in [2.75, 3.05) is 4.72 Å². The Labute approximate surface area is 123 Å². The van der Waals surface area contributed by atoms with E-state index in [1.54, 1.807) is 0 Å². The number of anilines is 1. The predicted molar refractivity (Wildman–Crippen MR) is 71.7 cm³/mol. The third-order valence-corrected chi connectivity index (χ3v) is 4.32. The van der Waals surface area contributed by atoms with Crippen LogP contribution in [-0.2, 0) is 16.6 Å². The van der Waals surface area contributed by atoms with Gasteiger partial charge in [0, 0.05) is 5.56 Å². The Bertz CT molecular complexity index is 725. The van der Waals surface area contributed by atoms with Gasteiger partial charge in [-0.15, -0.1) is 0 Å². The van der Waals surface area contributed by atoms with Crippen molar-refractivity contribution < 1.29 is 17.9 Å². The highest BCUT2D eigenvalue weighted by atomic mass is 35.5. The number of halogens is 3. The number of nitrogens with one attached hydrogen (secondary N) is 2. The highest BCUT2D eigenvalue weighted by Gasteiger charge is 2.23. The molecule has 0 unspecified atom stereocenters. The van der Waals surface area contributed by atoms with Gasteiger partial charge in [0.25, 0.3) is 10.0 Å². The molecular weight excluding hydrogens is 332 g/mol. The number of benzene rings is 1. The Morgan fingerprint density at radius 2 is 1.95 bits per heavy atom. The summed E-state index contributed by atoms with van der Waals surface area (Å²) in [6.07, 6.45) is 1.17. The lowest BCUT2D eigenvalue weighted by molar-refractivity contribution is 0.278. The third kappa shape index (κ3) is 2.88. The number of aromatic nitrogens is 2. The van der Waals surface area contributed by atoms with E-state index in [9.17, 15) is 12.8 Å². The normalized spacial score (nSPS) is 11.6. The lowest BCUT2D eigenvalue weighted by atomic mass is 10.3. The van der Waals surface area contributed by atoms with E-state index in [1.807, 2.05) is 0 Å². The first-order valence-corrected chi connectivity index (χ1v) is 7.39. The SMILES string of the molecule is O=S(=O)(Nc1c(Cl)cc(F)cc1Cl)c1[nH]ncc1CO. The molecule has 20 heavy (non-hydrogen) atoms. The quantitative estimate of drug-likeness (QED) is 0.795. The summed E-state index contributed by atoms with van der Waals surface area (Å²) >= 11 is 11.5. The van der Waals surface area contributed by atoms with Crippen molar-refractivity contribution in [3.63, 3.8) is 0 Å². The lowest BCUT2D eigenvalue weighted by Gasteiger charge is -2.11. The molecule has 2 rings (SSSR count). The van der Waals surface area contributed by atoms with Gasteiger partial charge in [-0.25, -0.2) is 4.39 Å². The Balaban J connectivity index is 2.44. The average Bonchev–Trinajstić information content (AvgIpc) is 2.83. The van der Waals surface area contributed by atoms with Crippen LogP contribution in [0.25, 0.3) is 0 Å². The van der Waals surface area contributed by atoms with Crippen molar-refractivity contribution in [3.05, 3.63) is 39.8 Å². The van der Waals surface area contributed by atoms with Gasteiger partial charge in [0.15, 0.2) is 5.03 Å². The minimum Gasteiger partial charge on any atom is -0.392 e. The number of hydrogen-bond donors (Lipinski definition) is 3.